The van der Waals surface area contributed by atoms with E-state index in [-0.39, 0.29) is 11.3 Å². The summed E-state index contributed by atoms with van der Waals surface area (Å²) in [6, 6.07) is 3.54. The highest BCUT2D eigenvalue weighted by Gasteiger charge is 2.23. The fourth-order valence-electron chi connectivity index (χ4n) is 3.78. The Morgan fingerprint density at radius 2 is 2.30 bits per heavy atom. The van der Waals surface area contributed by atoms with Gasteiger partial charge in [-0.15, -0.1) is 0 Å². The third-order valence-electron chi connectivity index (χ3n) is 5.03. The lowest BCUT2D eigenvalue weighted by Gasteiger charge is -2.26. The molecular formula is C19H23NO3. The van der Waals surface area contributed by atoms with Gasteiger partial charge in [-0.2, -0.15) is 0 Å². The van der Waals surface area contributed by atoms with Crippen molar-refractivity contribution in [2.45, 2.75) is 39.0 Å². The summed E-state index contributed by atoms with van der Waals surface area (Å²) in [6.07, 6.45) is 11.9. The Hall–Kier alpha value is -2.23. The number of carboxylic acid groups (broad SMARTS) is 1. The maximum absolute atomic E-state index is 11.4. The van der Waals surface area contributed by atoms with E-state index in [4.69, 9.17) is 0 Å². The number of aromatic amines is 1. The number of nitrogens with one attached hydrogen (secondary N) is 1. The van der Waals surface area contributed by atoms with Crippen molar-refractivity contribution in [3.05, 3.63) is 41.6 Å². The number of allylic oxidation sites excluding steroid dienone is 2. The zero-order valence-corrected chi connectivity index (χ0v) is 13.4. The lowest BCUT2D eigenvalue weighted by atomic mass is 9.79. The van der Waals surface area contributed by atoms with Crippen LogP contribution < -0.4 is 0 Å². The average molecular weight is 313 g/mol. The van der Waals surface area contributed by atoms with Crippen LogP contribution in [0.25, 0.3) is 10.9 Å². The van der Waals surface area contributed by atoms with Crippen LogP contribution >= 0.6 is 0 Å². The molecule has 1 aromatic carbocycles. The molecule has 0 amide bonds. The van der Waals surface area contributed by atoms with Crippen molar-refractivity contribution in [3.63, 3.8) is 0 Å². The van der Waals surface area contributed by atoms with E-state index in [1.165, 1.54) is 19.3 Å². The minimum Gasteiger partial charge on any atom is -0.507 e. The average Bonchev–Trinajstić information content (AvgIpc) is 3.02. The Labute approximate surface area is 135 Å². The lowest BCUT2D eigenvalue weighted by molar-refractivity contribution is 0.0696. The van der Waals surface area contributed by atoms with Gasteiger partial charge in [0.2, 0.25) is 0 Å². The molecule has 0 saturated carbocycles. The summed E-state index contributed by atoms with van der Waals surface area (Å²) in [5.41, 5.74) is 1.50. The van der Waals surface area contributed by atoms with Gasteiger partial charge >= 0.3 is 5.97 Å². The zero-order valence-electron chi connectivity index (χ0n) is 13.4. The first kappa shape index (κ1) is 15.7. The summed E-state index contributed by atoms with van der Waals surface area (Å²) in [5, 5.41) is 20.4. The molecule has 122 valence electrons. The van der Waals surface area contributed by atoms with Crippen molar-refractivity contribution in [2.24, 2.45) is 11.8 Å². The van der Waals surface area contributed by atoms with Crippen LogP contribution in [0.1, 0.15) is 48.5 Å². The number of aromatic hydroxyl groups is 1. The van der Waals surface area contributed by atoms with E-state index in [2.05, 4.69) is 24.1 Å². The van der Waals surface area contributed by atoms with Gasteiger partial charge in [0.1, 0.15) is 11.3 Å². The quantitative estimate of drug-likeness (QED) is 0.712. The first-order valence-electron chi connectivity index (χ1n) is 8.33. The highest BCUT2D eigenvalue weighted by Crippen LogP contribution is 2.35. The van der Waals surface area contributed by atoms with Crippen molar-refractivity contribution in [1.82, 2.24) is 4.98 Å². The Bertz CT molecular complexity index is 744. The summed E-state index contributed by atoms with van der Waals surface area (Å²) < 4.78 is 0. The number of phenols is 1. The zero-order chi connectivity index (χ0) is 16.4. The third kappa shape index (κ3) is 2.98. The number of hydrogen-bond acceptors (Lipinski definition) is 2. The summed E-state index contributed by atoms with van der Waals surface area (Å²) in [4.78, 5) is 14.3. The number of rotatable bonds is 5. The molecule has 1 aliphatic carbocycles. The summed E-state index contributed by atoms with van der Waals surface area (Å²) in [5.74, 6) is -0.177. The van der Waals surface area contributed by atoms with Crippen LogP contribution in [0.15, 0.2) is 30.5 Å². The number of fused-ring (bicyclic) bond motifs is 1. The molecule has 2 atom stereocenters. The van der Waals surface area contributed by atoms with Crippen LogP contribution in [0.4, 0.5) is 0 Å². The molecule has 2 aromatic rings. The second kappa shape index (κ2) is 6.49. The van der Waals surface area contributed by atoms with Gasteiger partial charge in [-0.3, -0.25) is 0 Å². The van der Waals surface area contributed by atoms with E-state index in [1.807, 2.05) is 6.07 Å². The Kier molecular flexibility index (Phi) is 4.42. The number of hydrogen-bond donors (Lipinski definition) is 3. The number of aromatic carboxylic acids is 1. The fourth-order valence-corrected chi connectivity index (χ4v) is 3.78. The summed E-state index contributed by atoms with van der Waals surface area (Å²) >= 11 is 0. The van der Waals surface area contributed by atoms with Gasteiger partial charge < -0.3 is 15.2 Å². The predicted octanol–water partition coefficient (Wildman–Crippen LogP) is 4.50. The molecule has 2 unspecified atom stereocenters. The van der Waals surface area contributed by atoms with Gasteiger partial charge in [0.15, 0.2) is 0 Å². The Morgan fingerprint density at radius 1 is 1.48 bits per heavy atom. The molecule has 1 aromatic heterocycles. The molecule has 1 heterocycles. The van der Waals surface area contributed by atoms with Gasteiger partial charge in [-0.1, -0.05) is 25.5 Å². The van der Waals surface area contributed by atoms with Crippen LogP contribution in [0.2, 0.25) is 0 Å². The number of aromatic nitrogens is 1. The van der Waals surface area contributed by atoms with E-state index in [0.717, 1.165) is 23.8 Å². The van der Waals surface area contributed by atoms with E-state index in [0.29, 0.717) is 17.4 Å². The molecule has 0 spiro atoms. The molecule has 3 rings (SSSR count). The first-order chi connectivity index (χ1) is 11.1. The standard InChI is InChI=1S/C19H23NO3/c1-2-12(13-6-4-3-5-7-13)10-14-11-16(21)17(19(22)23)18-15(14)8-9-20-18/h4,6,8-9,11-13,20-21H,2-3,5,7,10H2,1H3,(H,22,23). The molecule has 1 aliphatic rings. The van der Waals surface area contributed by atoms with E-state index in [1.54, 1.807) is 12.3 Å². The van der Waals surface area contributed by atoms with Gasteiger partial charge in [0.05, 0.1) is 5.52 Å². The van der Waals surface area contributed by atoms with Crippen LogP contribution in [0, 0.1) is 11.8 Å². The predicted molar refractivity (Wildman–Crippen MR) is 90.9 cm³/mol. The van der Waals surface area contributed by atoms with Gasteiger partial charge in [-0.05, 0) is 55.2 Å². The highest BCUT2D eigenvalue weighted by atomic mass is 16.4. The molecular weight excluding hydrogens is 290 g/mol. The van der Waals surface area contributed by atoms with Crippen LogP contribution in [0.3, 0.4) is 0 Å². The van der Waals surface area contributed by atoms with Crippen molar-refractivity contribution in [3.8, 4) is 5.75 Å². The van der Waals surface area contributed by atoms with Crippen LogP contribution in [-0.2, 0) is 6.42 Å². The van der Waals surface area contributed by atoms with E-state index < -0.39 is 5.97 Å². The molecule has 3 N–H and O–H groups in total. The number of carbonyl (C=O) groups is 1. The molecule has 0 radical (unpaired) electrons. The summed E-state index contributed by atoms with van der Waals surface area (Å²) in [6.45, 7) is 2.20. The Morgan fingerprint density at radius 3 is 2.96 bits per heavy atom. The molecule has 0 fully saturated rings. The molecule has 0 bridgehead atoms. The van der Waals surface area contributed by atoms with Gasteiger partial charge in [0.25, 0.3) is 0 Å². The second-order valence-electron chi connectivity index (χ2n) is 6.40. The fraction of sp³-hybridized carbons (Fsp3) is 0.421. The number of benzene rings is 1. The minimum atomic E-state index is -1.11. The second-order valence-corrected chi connectivity index (χ2v) is 6.40. The highest BCUT2D eigenvalue weighted by molar-refractivity contribution is 6.05. The molecule has 0 aliphatic heterocycles. The monoisotopic (exact) mass is 313 g/mol. The van der Waals surface area contributed by atoms with E-state index >= 15 is 0 Å². The maximum Gasteiger partial charge on any atom is 0.341 e. The van der Waals surface area contributed by atoms with Crippen molar-refractivity contribution < 1.29 is 15.0 Å². The lowest BCUT2D eigenvalue weighted by Crippen LogP contribution is -2.17. The SMILES string of the molecule is CCC(Cc1cc(O)c(C(=O)O)c2[nH]ccc12)C1C=CCCC1. The maximum atomic E-state index is 11.4. The number of carboxylic acids is 1. The van der Waals surface area contributed by atoms with Crippen molar-refractivity contribution in [1.29, 1.82) is 0 Å². The summed E-state index contributed by atoms with van der Waals surface area (Å²) in [7, 11) is 0. The molecule has 4 heteroatoms. The molecule has 0 saturated heterocycles. The third-order valence-corrected chi connectivity index (χ3v) is 5.03. The smallest absolute Gasteiger partial charge is 0.341 e. The van der Waals surface area contributed by atoms with Crippen LogP contribution in [-0.4, -0.2) is 21.2 Å². The molecule has 4 nitrogen and oxygen atoms in total. The number of H-pyrrole nitrogens is 1. The first-order valence-corrected chi connectivity index (χ1v) is 8.33. The Balaban J connectivity index is 1.98. The van der Waals surface area contributed by atoms with Gasteiger partial charge in [-0.25, -0.2) is 4.79 Å². The van der Waals surface area contributed by atoms with Crippen molar-refractivity contribution >= 4 is 16.9 Å². The van der Waals surface area contributed by atoms with E-state index in [9.17, 15) is 15.0 Å². The largest absolute Gasteiger partial charge is 0.507 e. The topological polar surface area (TPSA) is 73.3 Å². The molecule has 23 heavy (non-hydrogen) atoms. The minimum absolute atomic E-state index is 0.0423. The normalized spacial score (nSPS) is 19.1. The van der Waals surface area contributed by atoms with Crippen LogP contribution in [0.5, 0.6) is 5.75 Å². The van der Waals surface area contributed by atoms with Crippen molar-refractivity contribution in [2.75, 3.05) is 0 Å². The van der Waals surface area contributed by atoms with Gasteiger partial charge in [0, 0.05) is 11.6 Å².